The zero-order chi connectivity index (χ0) is 22.7. The van der Waals surface area contributed by atoms with Crippen LogP contribution in [0.25, 0.3) is 16.0 Å². The van der Waals surface area contributed by atoms with E-state index in [4.69, 9.17) is 21.1 Å². The van der Waals surface area contributed by atoms with E-state index in [1.54, 1.807) is 36.4 Å². The lowest BCUT2D eigenvalue weighted by atomic mass is 9.99. The second kappa shape index (κ2) is 7.58. The largest absolute Gasteiger partial charge is 0.507 e. The number of rotatable bonds is 3. The number of anilines is 1. The Morgan fingerprint density at radius 1 is 1.12 bits per heavy atom. The number of hydrogen-bond donors (Lipinski definition) is 1. The van der Waals surface area contributed by atoms with E-state index in [9.17, 15) is 14.7 Å². The highest BCUT2D eigenvalue weighted by molar-refractivity contribution is 7.22. The third-order valence-corrected chi connectivity index (χ3v) is 7.63. The molecule has 0 bridgehead atoms. The lowest BCUT2D eigenvalue weighted by Gasteiger charge is -2.21. The summed E-state index contributed by atoms with van der Waals surface area (Å²) in [7, 11) is 0. The number of aliphatic hydroxyl groups is 1. The molecule has 1 N–H and O–H groups in total. The van der Waals surface area contributed by atoms with E-state index in [1.807, 2.05) is 17.5 Å². The van der Waals surface area contributed by atoms with Gasteiger partial charge in [0, 0.05) is 15.5 Å². The number of ketones is 1. The predicted molar refractivity (Wildman–Crippen MR) is 126 cm³/mol. The Bertz CT molecular complexity index is 1480. The summed E-state index contributed by atoms with van der Waals surface area (Å²) in [6, 6.07) is 13.0. The first kappa shape index (κ1) is 20.2. The monoisotopic (exact) mass is 496 g/mol. The molecule has 0 radical (unpaired) electrons. The summed E-state index contributed by atoms with van der Waals surface area (Å²) < 4.78 is 11.5. The third-order valence-electron chi connectivity index (χ3n) is 5.45. The number of thiazole rings is 1. The maximum atomic E-state index is 13.2. The molecule has 7 nitrogen and oxygen atoms in total. The summed E-state index contributed by atoms with van der Waals surface area (Å²) in [4.78, 5) is 33.1. The number of thiophene rings is 1. The number of carbonyl (C=O) groups is 2. The van der Waals surface area contributed by atoms with Gasteiger partial charge in [-0.05, 0) is 47.8 Å². The average Bonchev–Trinajstić information content (AvgIpc) is 3.59. The lowest BCUT2D eigenvalue weighted by molar-refractivity contribution is -0.132. The summed E-state index contributed by atoms with van der Waals surface area (Å²) in [5.41, 5.74) is 1.02. The van der Waals surface area contributed by atoms with Gasteiger partial charge in [0.2, 0.25) is 6.79 Å². The first-order valence-electron chi connectivity index (χ1n) is 9.82. The molecule has 164 valence electrons. The van der Waals surface area contributed by atoms with Crippen LogP contribution < -0.4 is 14.4 Å². The van der Waals surface area contributed by atoms with Crippen molar-refractivity contribution in [1.82, 2.24) is 4.98 Å². The van der Waals surface area contributed by atoms with Gasteiger partial charge < -0.3 is 14.6 Å². The van der Waals surface area contributed by atoms with Crippen molar-refractivity contribution in [2.75, 3.05) is 11.7 Å². The van der Waals surface area contributed by atoms with Crippen LogP contribution in [0.15, 0.2) is 59.5 Å². The maximum Gasteiger partial charge on any atom is 0.301 e. The molecule has 2 aliphatic rings. The van der Waals surface area contributed by atoms with E-state index >= 15 is 0 Å². The van der Waals surface area contributed by atoms with E-state index < -0.39 is 17.7 Å². The van der Waals surface area contributed by atoms with Crippen LogP contribution in [0.5, 0.6) is 11.5 Å². The van der Waals surface area contributed by atoms with E-state index in [0.717, 1.165) is 9.58 Å². The molecule has 6 rings (SSSR count). The molecule has 1 saturated heterocycles. The van der Waals surface area contributed by atoms with Crippen LogP contribution in [0.2, 0.25) is 5.02 Å². The molecule has 1 atom stereocenters. The Balaban J connectivity index is 1.53. The number of aromatic nitrogens is 1. The van der Waals surface area contributed by atoms with Gasteiger partial charge in [-0.25, -0.2) is 4.98 Å². The Kier molecular flexibility index (Phi) is 4.65. The number of amides is 1. The Labute approximate surface area is 200 Å². The van der Waals surface area contributed by atoms with Crippen molar-refractivity contribution in [2.24, 2.45) is 0 Å². The summed E-state index contributed by atoms with van der Waals surface area (Å²) in [6.45, 7) is 0.0841. The second-order valence-corrected chi connectivity index (χ2v) is 9.79. The highest BCUT2D eigenvalue weighted by Crippen LogP contribution is 2.46. The number of hydrogen-bond acceptors (Lipinski definition) is 8. The van der Waals surface area contributed by atoms with Crippen LogP contribution >= 0.6 is 34.3 Å². The molecule has 1 amide bonds. The van der Waals surface area contributed by atoms with Gasteiger partial charge in [-0.3, -0.25) is 14.5 Å². The molecule has 4 aromatic rings. The molecule has 0 saturated carbocycles. The van der Waals surface area contributed by atoms with Crippen molar-refractivity contribution in [3.63, 3.8) is 0 Å². The normalized spacial score (nSPS) is 19.1. The Morgan fingerprint density at radius 2 is 1.97 bits per heavy atom. The van der Waals surface area contributed by atoms with E-state index in [1.165, 1.54) is 27.6 Å². The van der Waals surface area contributed by atoms with Crippen molar-refractivity contribution < 1.29 is 24.2 Å². The number of fused-ring (bicyclic) bond motifs is 2. The van der Waals surface area contributed by atoms with Crippen LogP contribution in [0.1, 0.15) is 16.5 Å². The molecule has 2 aliphatic heterocycles. The molecule has 1 unspecified atom stereocenters. The van der Waals surface area contributed by atoms with Crippen LogP contribution in [0.3, 0.4) is 0 Å². The van der Waals surface area contributed by atoms with Crippen molar-refractivity contribution >= 4 is 67.1 Å². The van der Waals surface area contributed by atoms with Gasteiger partial charge in [0.15, 0.2) is 16.6 Å². The quantitative estimate of drug-likeness (QED) is 0.233. The van der Waals surface area contributed by atoms with Crippen molar-refractivity contribution in [3.8, 4) is 11.5 Å². The summed E-state index contributed by atoms with van der Waals surface area (Å²) >= 11 is 8.76. The fraction of sp³-hybridized carbons (Fsp3) is 0.0870. The van der Waals surface area contributed by atoms with Gasteiger partial charge in [0.25, 0.3) is 5.78 Å². The molecular formula is C23H13ClN2O5S2. The topological polar surface area (TPSA) is 89.0 Å². The lowest BCUT2D eigenvalue weighted by Crippen LogP contribution is -2.28. The van der Waals surface area contributed by atoms with Gasteiger partial charge in [0.1, 0.15) is 11.8 Å². The third kappa shape index (κ3) is 3.19. The molecule has 0 spiro atoms. The summed E-state index contributed by atoms with van der Waals surface area (Å²) in [5, 5.41) is 14.0. The van der Waals surface area contributed by atoms with Gasteiger partial charge in [-0.1, -0.05) is 29.0 Å². The van der Waals surface area contributed by atoms with Crippen molar-refractivity contribution in [2.45, 2.75) is 6.04 Å². The van der Waals surface area contributed by atoms with Gasteiger partial charge in [0.05, 0.1) is 15.8 Å². The number of benzene rings is 2. The highest BCUT2D eigenvalue weighted by Gasteiger charge is 2.48. The SMILES string of the molecule is O=C1C(=O)N(c2nc3ccc(Cl)cc3s2)C(c2cccs2)/C1=C(\O)c1ccc2c(c1)OCO2. The molecule has 4 heterocycles. The van der Waals surface area contributed by atoms with Crippen molar-refractivity contribution in [1.29, 1.82) is 0 Å². The van der Waals surface area contributed by atoms with Crippen molar-refractivity contribution in [3.05, 3.63) is 74.9 Å². The molecule has 2 aromatic carbocycles. The molecule has 0 aliphatic carbocycles. The number of halogens is 1. The number of nitrogens with zero attached hydrogens (tertiary/aromatic N) is 2. The highest BCUT2D eigenvalue weighted by atomic mass is 35.5. The molecule has 10 heteroatoms. The summed E-state index contributed by atoms with van der Waals surface area (Å²) in [6.07, 6.45) is 0. The Hall–Kier alpha value is -3.40. The fourth-order valence-corrected chi connectivity index (χ4v) is 6.03. The van der Waals surface area contributed by atoms with Crippen LogP contribution in [0, 0.1) is 0 Å². The molecular weight excluding hydrogens is 484 g/mol. The first-order valence-corrected chi connectivity index (χ1v) is 11.9. The van der Waals surface area contributed by atoms with Crippen LogP contribution in [0.4, 0.5) is 5.13 Å². The minimum atomic E-state index is -0.813. The standard InChI is InChI=1S/C23H13ClN2O5S2/c24-12-4-5-13-17(9-12)33-23(25-13)26-19(16-2-1-7-32-16)18(21(28)22(26)29)20(27)11-3-6-14-15(8-11)31-10-30-14/h1-9,19,27H,10H2/b20-18+. The molecule has 1 fully saturated rings. The fourth-order valence-electron chi connectivity index (χ4n) is 3.93. The maximum absolute atomic E-state index is 13.2. The van der Waals surface area contributed by atoms with Crippen LogP contribution in [-0.4, -0.2) is 28.6 Å². The zero-order valence-electron chi connectivity index (χ0n) is 16.6. The van der Waals surface area contributed by atoms with Gasteiger partial charge >= 0.3 is 5.91 Å². The minimum Gasteiger partial charge on any atom is -0.507 e. The van der Waals surface area contributed by atoms with Gasteiger partial charge in [-0.2, -0.15) is 0 Å². The second-order valence-electron chi connectivity index (χ2n) is 7.36. The number of Topliss-reactive ketones (excluding diaryl/α,β-unsaturated/α-hetero) is 1. The van der Waals surface area contributed by atoms with E-state index in [2.05, 4.69) is 4.98 Å². The van der Waals surface area contributed by atoms with Gasteiger partial charge in [-0.15, -0.1) is 11.3 Å². The number of ether oxygens (including phenoxy) is 2. The molecule has 2 aromatic heterocycles. The number of aliphatic hydroxyl groups excluding tert-OH is 1. The Morgan fingerprint density at radius 3 is 2.79 bits per heavy atom. The predicted octanol–water partition coefficient (Wildman–Crippen LogP) is 5.37. The first-order chi connectivity index (χ1) is 16.0. The molecule has 33 heavy (non-hydrogen) atoms. The smallest absolute Gasteiger partial charge is 0.301 e. The van der Waals surface area contributed by atoms with E-state index in [-0.39, 0.29) is 18.1 Å². The summed E-state index contributed by atoms with van der Waals surface area (Å²) in [5.74, 6) is -0.794. The number of carbonyl (C=O) groups excluding carboxylic acids is 2. The average molecular weight is 497 g/mol. The minimum absolute atomic E-state index is 0.00129. The zero-order valence-corrected chi connectivity index (χ0v) is 19.0. The van der Waals surface area contributed by atoms with E-state index in [0.29, 0.717) is 32.7 Å². The van der Waals surface area contributed by atoms with Crippen LogP contribution in [-0.2, 0) is 9.59 Å².